The minimum atomic E-state index is 0.683. The Morgan fingerprint density at radius 2 is 1.67 bits per heavy atom. The number of hydrogen-bond donors (Lipinski definition) is 1. The third-order valence-corrected chi connectivity index (χ3v) is 2.77. The predicted octanol–water partition coefficient (Wildman–Crippen LogP) is 2.89. The molecule has 0 fully saturated rings. The van der Waals surface area contributed by atoms with Crippen molar-refractivity contribution in [3.8, 4) is 0 Å². The Morgan fingerprint density at radius 1 is 0.933 bits per heavy atom. The van der Waals surface area contributed by atoms with E-state index in [0.29, 0.717) is 6.04 Å². The minimum Gasteiger partial charge on any atom is -0.315 e. The van der Waals surface area contributed by atoms with Gasteiger partial charge in [0.05, 0.1) is 0 Å². The van der Waals surface area contributed by atoms with E-state index < -0.39 is 0 Å². The molecule has 0 bridgehead atoms. The van der Waals surface area contributed by atoms with Gasteiger partial charge in [0.15, 0.2) is 0 Å². The first kappa shape index (κ1) is 14.9. The standard InChI is InChI=1S/C13H30N2/c1-5-7-8-9-14-10-12-15(11-6-2)13(3)4/h13-14H,5-12H2,1-4H3. The lowest BCUT2D eigenvalue weighted by Crippen LogP contribution is -2.37. The highest BCUT2D eigenvalue weighted by Crippen LogP contribution is 1.98. The molecule has 0 saturated carbocycles. The predicted molar refractivity (Wildman–Crippen MR) is 69.4 cm³/mol. The van der Waals surface area contributed by atoms with E-state index in [1.54, 1.807) is 0 Å². The molecule has 0 aliphatic heterocycles. The van der Waals surface area contributed by atoms with Gasteiger partial charge >= 0.3 is 0 Å². The van der Waals surface area contributed by atoms with Gasteiger partial charge in [-0.15, -0.1) is 0 Å². The lowest BCUT2D eigenvalue weighted by Gasteiger charge is -2.25. The van der Waals surface area contributed by atoms with Crippen molar-refractivity contribution in [1.29, 1.82) is 0 Å². The maximum atomic E-state index is 3.52. The van der Waals surface area contributed by atoms with E-state index in [0.717, 1.165) is 6.54 Å². The van der Waals surface area contributed by atoms with Gasteiger partial charge in [-0.3, -0.25) is 4.90 Å². The molecule has 0 spiro atoms. The van der Waals surface area contributed by atoms with Crippen molar-refractivity contribution in [3.05, 3.63) is 0 Å². The van der Waals surface area contributed by atoms with E-state index in [2.05, 4.69) is 37.9 Å². The molecule has 2 nitrogen and oxygen atoms in total. The van der Waals surface area contributed by atoms with Gasteiger partial charge in [-0.1, -0.05) is 26.7 Å². The molecule has 0 aliphatic carbocycles. The largest absolute Gasteiger partial charge is 0.315 e. The summed E-state index contributed by atoms with van der Waals surface area (Å²) in [6.07, 6.45) is 5.26. The molecule has 92 valence electrons. The lowest BCUT2D eigenvalue weighted by molar-refractivity contribution is 0.222. The molecular weight excluding hydrogens is 184 g/mol. The van der Waals surface area contributed by atoms with Gasteiger partial charge < -0.3 is 5.32 Å². The van der Waals surface area contributed by atoms with Crippen LogP contribution >= 0.6 is 0 Å². The van der Waals surface area contributed by atoms with Gasteiger partial charge in [0.2, 0.25) is 0 Å². The van der Waals surface area contributed by atoms with Crippen LogP contribution in [0.2, 0.25) is 0 Å². The second-order valence-electron chi connectivity index (χ2n) is 4.59. The molecule has 0 saturated heterocycles. The molecule has 2 heteroatoms. The van der Waals surface area contributed by atoms with Crippen molar-refractivity contribution in [2.75, 3.05) is 26.2 Å². The number of unbranched alkanes of at least 4 members (excludes halogenated alkanes) is 2. The van der Waals surface area contributed by atoms with Gasteiger partial charge in [-0.2, -0.15) is 0 Å². The quantitative estimate of drug-likeness (QED) is 0.563. The smallest absolute Gasteiger partial charge is 0.0110 e. The average Bonchev–Trinajstić information content (AvgIpc) is 2.21. The summed E-state index contributed by atoms with van der Waals surface area (Å²) in [6, 6.07) is 0.683. The SMILES string of the molecule is CCCCCNCCN(CCC)C(C)C. The van der Waals surface area contributed by atoms with Crippen LogP contribution in [0, 0.1) is 0 Å². The Hall–Kier alpha value is -0.0800. The van der Waals surface area contributed by atoms with Crippen LogP contribution in [0.4, 0.5) is 0 Å². The molecule has 0 unspecified atom stereocenters. The molecule has 0 radical (unpaired) electrons. The molecule has 0 atom stereocenters. The van der Waals surface area contributed by atoms with E-state index in [9.17, 15) is 0 Å². The lowest BCUT2D eigenvalue weighted by atomic mass is 10.2. The molecule has 1 N–H and O–H groups in total. The highest BCUT2D eigenvalue weighted by atomic mass is 15.2. The first-order valence-electron chi connectivity index (χ1n) is 6.67. The molecule has 0 aromatic heterocycles. The van der Waals surface area contributed by atoms with Crippen LogP contribution in [0.25, 0.3) is 0 Å². The fourth-order valence-corrected chi connectivity index (χ4v) is 1.76. The fraction of sp³-hybridized carbons (Fsp3) is 1.00. The Bertz CT molecular complexity index is 124. The van der Waals surface area contributed by atoms with E-state index in [1.165, 1.54) is 45.3 Å². The summed E-state index contributed by atoms with van der Waals surface area (Å²) < 4.78 is 0. The maximum absolute atomic E-state index is 3.52. The summed E-state index contributed by atoms with van der Waals surface area (Å²) in [5, 5.41) is 3.52. The van der Waals surface area contributed by atoms with Crippen LogP contribution in [0.15, 0.2) is 0 Å². The minimum absolute atomic E-state index is 0.683. The van der Waals surface area contributed by atoms with Crippen molar-refractivity contribution in [2.45, 2.75) is 59.4 Å². The highest BCUT2D eigenvalue weighted by molar-refractivity contribution is 4.63. The van der Waals surface area contributed by atoms with Gasteiger partial charge in [-0.05, 0) is 39.8 Å². The van der Waals surface area contributed by atoms with Crippen LogP contribution in [0.5, 0.6) is 0 Å². The fourth-order valence-electron chi connectivity index (χ4n) is 1.76. The Kier molecular flexibility index (Phi) is 10.4. The summed E-state index contributed by atoms with van der Waals surface area (Å²) in [6.45, 7) is 13.8. The number of nitrogens with one attached hydrogen (secondary N) is 1. The molecule has 0 heterocycles. The third-order valence-electron chi connectivity index (χ3n) is 2.77. The monoisotopic (exact) mass is 214 g/mol. The van der Waals surface area contributed by atoms with Gasteiger partial charge in [0, 0.05) is 19.1 Å². The topological polar surface area (TPSA) is 15.3 Å². The van der Waals surface area contributed by atoms with Crippen LogP contribution in [0.3, 0.4) is 0 Å². The average molecular weight is 214 g/mol. The molecule has 0 aromatic rings. The van der Waals surface area contributed by atoms with Gasteiger partial charge in [-0.25, -0.2) is 0 Å². The van der Waals surface area contributed by atoms with Crippen LogP contribution in [-0.4, -0.2) is 37.1 Å². The van der Waals surface area contributed by atoms with Crippen molar-refractivity contribution < 1.29 is 0 Å². The molecule has 15 heavy (non-hydrogen) atoms. The Morgan fingerprint density at radius 3 is 2.20 bits per heavy atom. The summed E-state index contributed by atoms with van der Waals surface area (Å²) in [7, 11) is 0. The summed E-state index contributed by atoms with van der Waals surface area (Å²) in [5.41, 5.74) is 0. The van der Waals surface area contributed by atoms with E-state index in [-0.39, 0.29) is 0 Å². The number of nitrogens with zero attached hydrogens (tertiary/aromatic N) is 1. The first-order chi connectivity index (χ1) is 7.22. The van der Waals surface area contributed by atoms with Gasteiger partial charge in [0.25, 0.3) is 0 Å². The zero-order valence-corrected chi connectivity index (χ0v) is 11.2. The zero-order chi connectivity index (χ0) is 11.5. The number of rotatable bonds is 10. The highest BCUT2D eigenvalue weighted by Gasteiger charge is 2.06. The van der Waals surface area contributed by atoms with E-state index in [4.69, 9.17) is 0 Å². The number of hydrogen-bond acceptors (Lipinski definition) is 2. The molecular formula is C13H30N2. The van der Waals surface area contributed by atoms with Crippen LogP contribution < -0.4 is 5.32 Å². The van der Waals surface area contributed by atoms with E-state index >= 15 is 0 Å². The second kappa shape index (κ2) is 10.4. The molecule has 0 amide bonds. The molecule has 0 rings (SSSR count). The van der Waals surface area contributed by atoms with Crippen molar-refractivity contribution >= 4 is 0 Å². The van der Waals surface area contributed by atoms with Crippen LogP contribution in [0.1, 0.15) is 53.4 Å². The Balaban J connectivity index is 3.37. The third kappa shape index (κ3) is 8.88. The van der Waals surface area contributed by atoms with Crippen LogP contribution in [-0.2, 0) is 0 Å². The first-order valence-corrected chi connectivity index (χ1v) is 6.67. The second-order valence-corrected chi connectivity index (χ2v) is 4.59. The molecule has 0 aromatic carbocycles. The zero-order valence-electron chi connectivity index (χ0n) is 11.2. The summed E-state index contributed by atoms with van der Waals surface area (Å²) in [4.78, 5) is 2.55. The summed E-state index contributed by atoms with van der Waals surface area (Å²) >= 11 is 0. The maximum Gasteiger partial charge on any atom is 0.0110 e. The summed E-state index contributed by atoms with van der Waals surface area (Å²) in [5.74, 6) is 0. The van der Waals surface area contributed by atoms with E-state index in [1.807, 2.05) is 0 Å². The van der Waals surface area contributed by atoms with Crippen molar-refractivity contribution in [3.63, 3.8) is 0 Å². The van der Waals surface area contributed by atoms with Crippen molar-refractivity contribution in [1.82, 2.24) is 10.2 Å². The van der Waals surface area contributed by atoms with Crippen molar-refractivity contribution in [2.24, 2.45) is 0 Å². The normalized spacial score (nSPS) is 11.6. The Labute approximate surface area is 96.4 Å². The van der Waals surface area contributed by atoms with Gasteiger partial charge in [0.1, 0.15) is 0 Å². The molecule has 0 aliphatic rings.